The fourth-order valence-electron chi connectivity index (χ4n) is 3.52. The lowest BCUT2D eigenvalue weighted by Crippen LogP contribution is -2.34. The predicted molar refractivity (Wildman–Crippen MR) is 106 cm³/mol. The van der Waals surface area contributed by atoms with E-state index in [0.717, 1.165) is 37.9 Å². The molecular weight excluding hydrogens is 322 g/mol. The van der Waals surface area contributed by atoms with Crippen molar-refractivity contribution in [3.8, 4) is 0 Å². The number of anilines is 1. The van der Waals surface area contributed by atoms with Gasteiger partial charge in [0.05, 0.1) is 0 Å². The lowest BCUT2D eigenvalue weighted by Gasteiger charge is -2.16. The summed E-state index contributed by atoms with van der Waals surface area (Å²) in [5.74, 6) is -0.0511. The molecule has 4 heteroatoms. The quantitative estimate of drug-likeness (QED) is 0.567. The fraction of sp³-hybridized carbons (Fsp3) is 0.455. The number of nitrogens with one attached hydrogen (secondary N) is 2. The van der Waals surface area contributed by atoms with Crippen LogP contribution in [0.3, 0.4) is 0 Å². The van der Waals surface area contributed by atoms with E-state index in [1.54, 1.807) is 6.20 Å². The second-order valence-electron chi connectivity index (χ2n) is 7.11. The van der Waals surface area contributed by atoms with Crippen molar-refractivity contribution < 1.29 is 4.79 Å². The second-order valence-corrected chi connectivity index (χ2v) is 7.11. The molecule has 1 aliphatic rings. The molecule has 0 atom stereocenters. The third-order valence-corrected chi connectivity index (χ3v) is 5.00. The van der Waals surface area contributed by atoms with Gasteiger partial charge in [-0.25, -0.2) is 0 Å². The van der Waals surface area contributed by atoms with E-state index < -0.39 is 0 Å². The number of amides is 1. The van der Waals surface area contributed by atoms with E-state index in [1.807, 2.05) is 18.2 Å². The van der Waals surface area contributed by atoms with Crippen LogP contribution in [0.1, 0.15) is 61.0 Å². The molecule has 1 aromatic carbocycles. The van der Waals surface area contributed by atoms with Crippen molar-refractivity contribution in [3.63, 3.8) is 0 Å². The predicted octanol–water partition coefficient (Wildman–Crippen LogP) is 4.58. The third-order valence-electron chi connectivity index (χ3n) is 5.00. The van der Waals surface area contributed by atoms with E-state index in [4.69, 9.17) is 0 Å². The Morgan fingerprint density at radius 2 is 1.81 bits per heavy atom. The standard InChI is InChI=1S/C22H29N3O/c26-22(25-19-12-6-1-2-7-13-19)21-17-20(14-16-24-21)23-15-8-11-18-9-4-3-5-10-18/h3-5,9-10,14,16-17,19H,1-2,6-8,11-13,15H2,(H,23,24)(H,25,26). The molecule has 26 heavy (non-hydrogen) atoms. The Hall–Kier alpha value is -2.36. The zero-order chi connectivity index (χ0) is 18.0. The van der Waals surface area contributed by atoms with Crippen molar-refractivity contribution in [1.29, 1.82) is 0 Å². The van der Waals surface area contributed by atoms with Crippen molar-refractivity contribution in [2.24, 2.45) is 0 Å². The maximum absolute atomic E-state index is 12.5. The number of nitrogens with zero attached hydrogens (tertiary/aromatic N) is 1. The highest BCUT2D eigenvalue weighted by Gasteiger charge is 2.16. The van der Waals surface area contributed by atoms with Crippen LogP contribution in [0.25, 0.3) is 0 Å². The first-order chi connectivity index (χ1) is 12.8. The Morgan fingerprint density at radius 3 is 2.58 bits per heavy atom. The molecule has 1 amide bonds. The summed E-state index contributed by atoms with van der Waals surface area (Å²) in [6.07, 6.45) is 11.0. The van der Waals surface area contributed by atoms with Gasteiger partial charge in [-0.15, -0.1) is 0 Å². The number of aromatic nitrogens is 1. The maximum Gasteiger partial charge on any atom is 0.270 e. The zero-order valence-corrected chi connectivity index (χ0v) is 15.4. The summed E-state index contributed by atoms with van der Waals surface area (Å²) in [4.78, 5) is 16.7. The number of hydrogen-bond donors (Lipinski definition) is 2. The van der Waals surface area contributed by atoms with Crippen molar-refractivity contribution in [2.45, 2.75) is 57.4 Å². The van der Waals surface area contributed by atoms with Gasteiger partial charge in [0.2, 0.25) is 0 Å². The van der Waals surface area contributed by atoms with E-state index in [0.29, 0.717) is 11.7 Å². The second kappa shape index (κ2) is 9.95. The van der Waals surface area contributed by atoms with E-state index in [9.17, 15) is 4.79 Å². The van der Waals surface area contributed by atoms with E-state index >= 15 is 0 Å². The van der Waals surface area contributed by atoms with Gasteiger partial charge < -0.3 is 10.6 Å². The van der Waals surface area contributed by atoms with Gasteiger partial charge in [0, 0.05) is 24.5 Å². The molecule has 1 saturated carbocycles. The average Bonchev–Trinajstić information content (AvgIpc) is 2.95. The first-order valence-electron chi connectivity index (χ1n) is 9.86. The van der Waals surface area contributed by atoms with E-state index in [2.05, 4.69) is 39.9 Å². The van der Waals surface area contributed by atoms with Crippen molar-refractivity contribution >= 4 is 11.6 Å². The van der Waals surface area contributed by atoms with Crippen molar-refractivity contribution in [2.75, 3.05) is 11.9 Å². The number of rotatable bonds is 7. The molecular formula is C22H29N3O. The van der Waals surface area contributed by atoms with Gasteiger partial charge in [0.1, 0.15) is 5.69 Å². The lowest BCUT2D eigenvalue weighted by atomic mass is 10.1. The first kappa shape index (κ1) is 18.4. The topological polar surface area (TPSA) is 54.0 Å². The molecule has 1 aliphatic carbocycles. The zero-order valence-electron chi connectivity index (χ0n) is 15.4. The smallest absolute Gasteiger partial charge is 0.270 e. The first-order valence-corrected chi connectivity index (χ1v) is 9.86. The highest BCUT2D eigenvalue weighted by molar-refractivity contribution is 5.93. The van der Waals surface area contributed by atoms with Crippen LogP contribution in [0.2, 0.25) is 0 Å². The van der Waals surface area contributed by atoms with Crippen LogP contribution in [-0.2, 0) is 6.42 Å². The number of pyridine rings is 1. The molecule has 1 aromatic heterocycles. The van der Waals surface area contributed by atoms with Crippen LogP contribution in [0, 0.1) is 0 Å². The highest BCUT2D eigenvalue weighted by Crippen LogP contribution is 2.18. The molecule has 0 spiro atoms. The number of benzene rings is 1. The van der Waals surface area contributed by atoms with Gasteiger partial charge >= 0.3 is 0 Å². The molecule has 2 N–H and O–H groups in total. The number of carbonyl (C=O) groups excluding carboxylic acids is 1. The van der Waals surface area contributed by atoms with Crippen LogP contribution in [0.5, 0.6) is 0 Å². The van der Waals surface area contributed by atoms with Gasteiger partial charge in [0.15, 0.2) is 0 Å². The number of carbonyl (C=O) groups is 1. The molecule has 138 valence electrons. The normalized spacial score (nSPS) is 15.2. The van der Waals surface area contributed by atoms with Gasteiger partial charge in [-0.05, 0) is 43.4 Å². The molecule has 1 fully saturated rings. The lowest BCUT2D eigenvalue weighted by molar-refractivity contribution is 0.0928. The number of aryl methyl sites for hydroxylation is 1. The minimum Gasteiger partial charge on any atom is -0.385 e. The summed E-state index contributed by atoms with van der Waals surface area (Å²) < 4.78 is 0. The Morgan fingerprint density at radius 1 is 1.04 bits per heavy atom. The van der Waals surface area contributed by atoms with Crippen LogP contribution in [0.15, 0.2) is 48.7 Å². The molecule has 0 unspecified atom stereocenters. The average molecular weight is 351 g/mol. The van der Waals surface area contributed by atoms with Crippen LogP contribution < -0.4 is 10.6 Å². The molecule has 0 radical (unpaired) electrons. The SMILES string of the molecule is O=C(NC1CCCCCC1)c1cc(NCCCc2ccccc2)ccn1. The fourth-order valence-corrected chi connectivity index (χ4v) is 3.52. The molecule has 2 aromatic rings. The summed E-state index contributed by atoms with van der Waals surface area (Å²) in [7, 11) is 0. The van der Waals surface area contributed by atoms with E-state index in [-0.39, 0.29) is 5.91 Å². The van der Waals surface area contributed by atoms with Crippen LogP contribution >= 0.6 is 0 Å². The Bertz CT molecular complexity index is 679. The monoisotopic (exact) mass is 351 g/mol. The molecule has 3 rings (SSSR count). The minimum atomic E-state index is -0.0511. The third kappa shape index (κ3) is 5.87. The molecule has 1 heterocycles. The molecule has 4 nitrogen and oxygen atoms in total. The van der Waals surface area contributed by atoms with Crippen LogP contribution in [0.4, 0.5) is 5.69 Å². The highest BCUT2D eigenvalue weighted by atomic mass is 16.1. The van der Waals surface area contributed by atoms with Gasteiger partial charge in [-0.3, -0.25) is 9.78 Å². The summed E-state index contributed by atoms with van der Waals surface area (Å²) in [6, 6.07) is 14.6. The Balaban J connectivity index is 1.46. The molecule has 0 aliphatic heterocycles. The Labute approximate surface area is 156 Å². The van der Waals surface area contributed by atoms with Gasteiger partial charge in [-0.1, -0.05) is 56.0 Å². The van der Waals surface area contributed by atoms with Gasteiger partial charge in [-0.2, -0.15) is 0 Å². The molecule has 0 saturated heterocycles. The van der Waals surface area contributed by atoms with Crippen LogP contribution in [-0.4, -0.2) is 23.5 Å². The summed E-state index contributed by atoms with van der Waals surface area (Å²) in [5.41, 5.74) is 2.81. The minimum absolute atomic E-state index is 0.0511. The van der Waals surface area contributed by atoms with Crippen molar-refractivity contribution in [3.05, 3.63) is 59.9 Å². The van der Waals surface area contributed by atoms with Gasteiger partial charge in [0.25, 0.3) is 5.91 Å². The van der Waals surface area contributed by atoms with Crippen molar-refractivity contribution in [1.82, 2.24) is 10.3 Å². The largest absolute Gasteiger partial charge is 0.385 e. The summed E-state index contributed by atoms with van der Waals surface area (Å²) in [5, 5.41) is 6.57. The number of hydrogen-bond acceptors (Lipinski definition) is 3. The summed E-state index contributed by atoms with van der Waals surface area (Å²) >= 11 is 0. The summed E-state index contributed by atoms with van der Waals surface area (Å²) in [6.45, 7) is 0.878. The molecule has 0 bridgehead atoms. The van der Waals surface area contributed by atoms with E-state index in [1.165, 1.54) is 31.2 Å². The maximum atomic E-state index is 12.5. The Kier molecular flexibility index (Phi) is 7.05.